The van der Waals surface area contributed by atoms with Crippen LogP contribution in [0.4, 0.5) is 0 Å². The lowest BCUT2D eigenvalue weighted by Crippen LogP contribution is -2.47. The first-order valence-corrected chi connectivity index (χ1v) is 5.80. The summed E-state index contributed by atoms with van der Waals surface area (Å²) in [7, 11) is 0. The quantitative estimate of drug-likeness (QED) is 0.834. The average molecular weight is 221 g/mol. The second-order valence-electron chi connectivity index (χ2n) is 4.43. The molecule has 0 radical (unpaired) electrons. The van der Waals surface area contributed by atoms with Gasteiger partial charge in [-0.25, -0.2) is 0 Å². The van der Waals surface area contributed by atoms with E-state index < -0.39 is 0 Å². The molecule has 2 atom stereocenters. The molecule has 1 N–H and O–H groups in total. The smallest absolute Gasteiger partial charge is 0.0936 e. The Morgan fingerprint density at radius 1 is 1.31 bits per heavy atom. The first kappa shape index (κ1) is 11.6. The molecular formula is C13H19NO2. The van der Waals surface area contributed by atoms with Crippen LogP contribution in [0.25, 0.3) is 0 Å². The van der Waals surface area contributed by atoms with Crippen molar-refractivity contribution in [1.29, 1.82) is 0 Å². The van der Waals surface area contributed by atoms with Gasteiger partial charge in [0.2, 0.25) is 0 Å². The number of aliphatic hydroxyl groups is 1. The number of rotatable bonds is 3. The lowest BCUT2D eigenvalue weighted by atomic mass is 10.1. The Morgan fingerprint density at radius 2 is 2.06 bits per heavy atom. The molecule has 3 heteroatoms. The van der Waals surface area contributed by atoms with Gasteiger partial charge in [-0.1, -0.05) is 30.3 Å². The predicted octanol–water partition coefficient (Wildman–Crippen LogP) is 1.27. The van der Waals surface area contributed by atoms with Crippen LogP contribution in [0, 0.1) is 0 Å². The van der Waals surface area contributed by atoms with E-state index in [1.54, 1.807) is 0 Å². The minimum absolute atomic E-state index is 0.0348. The van der Waals surface area contributed by atoms with Crippen molar-refractivity contribution in [1.82, 2.24) is 4.90 Å². The van der Waals surface area contributed by atoms with E-state index in [1.807, 2.05) is 6.07 Å². The third-order valence-corrected chi connectivity index (χ3v) is 2.85. The molecule has 3 nitrogen and oxygen atoms in total. The van der Waals surface area contributed by atoms with Gasteiger partial charge < -0.3 is 9.84 Å². The molecule has 0 amide bonds. The van der Waals surface area contributed by atoms with Crippen molar-refractivity contribution in [2.24, 2.45) is 0 Å². The molecule has 16 heavy (non-hydrogen) atoms. The van der Waals surface area contributed by atoms with Crippen LogP contribution in [0.5, 0.6) is 0 Å². The molecular weight excluding hydrogens is 202 g/mol. The molecule has 1 aromatic rings. The van der Waals surface area contributed by atoms with Crippen LogP contribution in [0.15, 0.2) is 30.3 Å². The highest BCUT2D eigenvalue weighted by molar-refractivity contribution is 5.14. The lowest BCUT2D eigenvalue weighted by molar-refractivity contribution is -0.0972. The maximum Gasteiger partial charge on any atom is 0.0936 e. The van der Waals surface area contributed by atoms with Gasteiger partial charge in [0.1, 0.15) is 0 Å². The SMILES string of the molecule is C[C@@H]1CN(Cc2ccccc2)C[C@H](CO)O1. The first-order chi connectivity index (χ1) is 7.78. The van der Waals surface area contributed by atoms with Gasteiger partial charge >= 0.3 is 0 Å². The highest BCUT2D eigenvalue weighted by atomic mass is 16.5. The van der Waals surface area contributed by atoms with Crippen LogP contribution < -0.4 is 0 Å². The largest absolute Gasteiger partial charge is 0.394 e. The summed E-state index contributed by atoms with van der Waals surface area (Å²) in [6.07, 6.45) is 0.169. The summed E-state index contributed by atoms with van der Waals surface area (Å²) in [6.45, 7) is 4.85. The molecule has 1 aliphatic rings. The number of morpholine rings is 1. The fourth-order valence-corrected chi connectivity index (χ4v) is 2.21. The Labute approximate surface area is 96.6 Å². The van der Waals surface area contributed by atoms with E-state index in [2.05, 4.69) is 36.1 Å². The second-order valence-corrected chi connectivity index (χ2v) is 4.43. The van der Waals surface area contributed by atoms with E-state index in [-0.39, 0.29) is 18.8 Å². The average Bonchev–Trinajstić information content (AvgIpc) is 2.29. The number of hydrogen-bond donors (Lipinski definition) is 1. The molecule has 0 unspecified atom stereocenters. The van der Waals surface area contributed by atoms with Crippen molar-refractivity contribution >= 4 is 0 Å². The molecule has 0 aliphatic carbocycles. The van der Waals surface area contributed by atoms with Crippen LogP contribution in [-0.4, -0.2) is 41.9 Å². The van der Waals surface area contributed by atoms with Gasteiger partial charge in [0.05, 0.1) is 18.8 Å². The second kappa shape index (κ2) is 5.43. The molecule has 0 bridgehead atoms. The maximum absolute atomic E-state index is 9.14. The van der Waals surface area contributed by atoms with Crippen LogP contribution in [0.3, 0.4) is 0 Å². The highest BCUT2D eigenvalue weighted by Gasteiger charge is 2.24. The zero-order valence-electron chi connectivity index (χ0n) is 9.67. The molecule has 0 aromatic heterocycles. The Bertz CT molecular complexity index is 315. The third kappa shape index (κ3) is 3.04. The molecule has 1 heterocycles. The van der Waals surface area contributed by atoms with Crippen molar-refractivity contribution in [2.75, 3.05) is 19.7 Å². The van der Waals surface area contributed by atoms with E-state index >= 15 is 0 Å². The number of aliphatic hydroxyl groups excluding tert-OH is 1. The van der Waals surface area contributed by atoms with Crippen molar-refractivity contribution in [3.63, 3.8) is 0 Å². The summed E-state index contributed by atoms with van der Waals surface area (Å²) in [5.41, 5.74) is 1.31. The maximum atomic E-state index is 9.14. The summed E-state index contributed by atoms with van der Waals surface area (Å²) >= 11 is 0. The van der Waals surface area contributed by atoms with Crippen LogP contribution in [0.1, 0.15) is 12.5 Å². The molecule has 1 aliphatic heterocycles. The molecule has 1 aromatic carbocycles. The van der Waals surface area contributed by atoms with Crippen molar-refractivity contribution in [3.05, 3.63) is 35.9 Å². The summed E-state index contributed by atoms with van der Waals surface area (Å²) in [6, 6.07) is 10.4. The standard InChI is InChI=1S/C13H19NO2/c1-11-7-14(9-13(10-15)16-11)8-12-5-3-2-4-6-12/h2-6,11,13,15H,7-10H2,1H3/t11-,13-/m1/s1. The van der Waals surface area contributed by atoms with Crippen LogP contribution in [0.2, 0.25) is 0 Å². The Hall–Kier alpha value is -0.900. The van der Waals surface area contributed by atoms with Crippen molar-refractivity contribution in [3.8, 4) is 0 Å². The molecule has 1 saturated heterocycles. The summed E-state index contributed by atoms with van der Waals surface area (Å²) in [5, 5.41) is 9.14. The topological polar surface area (TPSA) is 32.7 Å². The zero-order valence-corrected chi connectivity index (χ0v) is 9.67. The van der Waals surface area contributed by atoms with Crippen molar-refractivity contribution in [2.45, 2.75) is 25.7 Å². The third-order valence-electron chi connectivity index (χ3n) is 2.85. The minimum Gasteiger partial charge on any atom is -0.394 e. The van der Waals surface area contributed by atoms with Gasteiger partial charge in [-0.05, 0) is 12.5 Å². The molecule has 1 fully saturated rings. The van der Waals surface area contributed by atoms with Gasteiger partial charge in [-0.15, -0.1) is 0 Å². The van der Waals surface area contributed by atoms with Gasteiger partial charge in [0.15, 0.2) is 0 Å². The number of nitrogens with zero attached hydrogens (tertiary/aromatic N) is 1. The zero-order chi connectivity index (χ0) is 11.4. The number of benzene rings is 1. The lowest BCUT2D eigenvalue weighted by Gasteiger charge is -2.36. The Kier molecular flexibility index (Phi) is 3.93. The minimum atomic E-state index is -0.0348. The molecule has 0 saturated carbocycles. The number of hydrogen-bond acceptors (Lipinski definition) is 3. The van der Waals surface area contributed by atoms with Gasteiger partial charge in [-0.2, -0.15) is 0 Å². The predicted molar refractivity (Wildman–Crippen MR) is 63.1 cm³/mol. The summed E-state index contributed by atoms with van der Waals surface area (Å²) in [4.78, 5) is 2.34. The monoisotopic (exact) mass is 221 g/mol. The van der Waals surface area contributed by atoms with E-state index in [4.69, 9.17) is 9.84 Å². The Balaban J connectivity index is 1.94. The summed E-state index contributed by atoms with van der Waals surface area (Å²) < 4.78 is 5.61. The highest BCUT2D eigenvalue weighted by Crippen LogP contribution is 2.13. The number of ether oxygens (including phenoxy) is 1. The van der Waals surface area contributed by atoms with E-state index in [1.165, 1.54) is 5.56 Å². The van der Waals surface area contributed by atoms with E-state index in [0.717, 1.165) is 19.6 Å². The summed E-state index contributed by atoms with van der Waals surface area (Å²) in [5.74, 6) is 0. The fraction of sp³-hybridized carbons (Fsp3) is 0.538. The normalized spacial score (nSPS) is 26.9. The van der Waals surface area contributed by atoms with Crippen LogP contribution in [-0.2, 0) is 11.3 Å². The van der Waals surface area contributed by atoms with E-state index in [9.17, 15) is 0 Å². The van der Waals surface area contributed by atoms with Crippen molar-refractivity contribution < 1.29 is 9.84 Å². The van der Waals surface area contributed by atoms with Crippen LogP contribution >= 0.6 is 0 Å². The van der Waals surface area contributed by atoms with Gasteiger partial charge in [0, 0.05) is 19.6 Å². The van der Waals surface area contributed by atoms with Gasteiger partial charge in [-0.3, -0.25) is 4.90 Å². The van der Waals surface area contributed by atoms with Gasteiger partial charge in [0.25, 0.3) is 0 Å². The van der Waals surface area contributed by atoms with E-state index in [0.29, 0.717) is 0 Å². The molecule has 2 rings (SSSR count). The molecule has 0 spiro atoms. The Morgan fingerprint density at radius 3 is 2.75 bits per heavy atom. The first-order valence-electron chi connectivity index (χ1n) is 5.80. The fourth-order valence-electron chi connectivity index (χ4n) is 2.21. The molecule has 88 valence electrons.